The number of hydrogen-bond donors (Lipinski definition) is 1. The van der Waals surface area contributed by atoms with Gasteiger partial charge in [-0.05, 0) is 13.8 Å². The van der Waals surface area contributed by atoms with Gasteiger partial charge in [-0.3, -0.25) is 0 Å². The van der Waals surface area contributed by atoms with E-state index in [1.165, 1.54) is 4.31 Å². The van der Waals surface area contributed by atoms with Gasteiger partial charge in [0.05, 0.1) is 13.2 Å². The summed E-state index contributed by atoms with van der Waals surface area (Å²) >= 11 is 0. The van der Waals surface area contributed by atoms with E-state index in [0.29, 0.717) is 36.0 Å². The Kier molecular flexibility index (Phi) is 3.34. The molecule has 0 atom stereocenters. The molecule has 21 heavy (non-hydrogen) atoms. The number of rotatable bonds is 3. The van der Waals surface area contributed by atoms with Gasteiger partial charge in [-0.15, -0.1) is 10.2 Å². The predicted octanol–water partition coefficient (Wildman–Crippen LogP) is 0.185. The van der Waals surface area contributed by atoms with Crippen LogP contribution in [-0.2, 0) is 29.7 Å². The Balaban J connectivity index is 2.03. The molecule has 0 aromatic carbocycles. The molecule has 0 saturated heterocycles. The Hall–Kier alpha value is -1.71. The van der Waals surface area contributed by atoms with E-state index in [1.807, 2.05) is 4.57 Å². The van der Waals surface area contributed by atoms with Crippen LogP contribution >= 0.6 is 0 Å². The monoisotopic (exact) mass is 312 g/mol. The van der Waals surface area contributed by atoms with E-state index in [0.717, 1.165) is 0 Å². The number of aromatic nitrogens is 3. The van der Waals surface area contributed by atoms with E-state index in [-0.39, 0.29) is 18.0 Å². The number of hydrogen-bond acceptors (Lipinski definition) is 6. The van der Waals surface area contributed by atoms with Gasteiger partial charge in [-0.2, -0.15) is 4.31 Å². The second-order valence-electron chi connectivity index (χ2n) is 4.96. The van der Waals surface area contributed by atoms with Gasteiger partial charge in [-0.1, -0.05) is 0 Å². The molecule has 0 bridgehead atoms. The number of furan rings is 1. The Bertz CT molecular complexity index is 777. The Labute approximate surface area is 122 Å². The van der Waals surface area contributed by atoms with Crippen LogP contribution in [0.3, 0.4) is 0 Å². The molecule has 1 aliphatic rings. The van der Waals surface area contributed by atoms with Crippen LogP contribution in [-0.4, -0.2) is 39.1 Å². The fraction of sp³-hybridized carbons (Fsp3) is 0.500. The molecule has 1 N–H and O–H groups in total. The average molecular weight is 312 g/mol. The summed E-state index contributed by atoms with van der Waals surface area (Å²) in [7, 11) is -3.74. The first kappa shape index (κ1) is 14.2. The van der Waals surface area contributed by atoms with Crippen molar-refractivity contribution in [2.45, 2.75) is 38.4 Å². The molecule has 0 fully saturated rings. The second kappa shape index (κ2) is 4.93. The van der Waals surface area contributed by atoms with Crippen molar-refractivity contribution in [3.63, 3.8) is 0 Å². The summed E-state index contributed by atoms with van der Waals surface area (Å²) in [5, 5.41) is 17.1. The molecule has 0 amide bonds. The second-order valence-corrected chi connectivity index (χ2v) is 6.83. The van der Waals surface area contributed by atoms with Crippen molar-refractivity contribution in [1.82, 2.24) is 19.1 Å². The first-order valence-corrected chi connectivity index (χ1v) is 7.95. The van der Waals surface area contributed by atoms with Crippen molar-refractivity contribution < 1.29 is 17.9 Å². The molecule has 0 radical (unpaired) electrons. The SMILES string of the molecule is Cc1oc(C)c(S(=O)(=O)N2CCn3cnnc3C2)c1CO. The van der Waals surface area contributed by atoms with E-state index >= 15 is 0 Å². The summed E-state index contributed by atoms with van der Waals surface area (Å²) in [6, 6.07) is 0. The van der Waals surface area contributed by atoms with E-state index in [9.17, 15) is 13.5 Å². The molecule has 3 rings (SSSR count). The zero-order chi connectivity index (χ0) is 15.2. The van der Waals surface area contributed by atoms with Crippen molar-refractivity contribution in [2.75, 3.05) is 6.54 Å². The molecule has 2 aromatic heterocycles. The Morgan fingerprint density at radius 2 is 2.10 bits per heavy atom. The number of aryl methyl sites for hydroxylation is 2. The lowest BCUT2D eigenvalue weighted by Crippen LogP contribution is -2.38. The molecule has 1 aliphatic heterocycles. The lowest BCUT2D eigenvalue weighted by Gasteiger charge is -2.26. The molecule has 3 heterocycles. The highest BCUT2D eigenvalue weighted by atomic mass is 32.2. The molecule has 9 heteroatoms. The van der Waals surface area contributed by atoms with Gasteiger partial charge in [0.25, 0.3) is 0 Å². The van der Waals surface area contributed by atoms with Gasteiger partial charge in [0.2, 0.25) is 10.0 Å². The molecule has 2 aromatic rings. The molecule has 0 spiro atoms. The third kappa shape index (κ3) is 2.17. The lowest BCUT2D eigenvalue weighted by atomic mass is 10.2. The summed E-state index contributed by atoms with van der Waals surface area (Å²) in [6.45, 7) is 3.86. The topological polar surface area (TPSA) is 101 Å². The minimum absolute atomic E-state index is 0.0652. The molecule has 0 saturated carbocycles. The van der Waals surface area contributed by atoms with Crippen molar-refractivity contribution in [3.05, 3.63) is 29.2 Å². The number of aliphatic hydroxyl groups is 1. The maximum atomic E-state index is 12.8. The molecule has 114 valence electrons. The molecular weight excluding hydrogens is 296 g/mol. The van der Waals surface area contributed by atoms with Crippen molar-refractivity contribution in [3.8, 4) is 0 Å². The minimum Gasteiger partial charge on any atom is -0.465 e. The number of sulfonamides is 1. The van der Waals surface area contributed by atoms with Crippen LogP contribution in [0, 0.1) is 13.8 Å². The molecular formula is C12H16N4O4S. The summed E-state index contributed by atoms with van der Waals surface area (Å²) in [6.07, 6.45) is 1.59. The summed E-state index contributed by atoms with van der Waals surface area (Å²) < 4.78 is 34.2. The third-order valence-electron chi connectivity index (χ3n) is 3.68. The standard InChI is InChI=1S/C12H16N4O4S/c1-8-10(6-17)12(9(2)20-8)21(18,19)16-4-3-15-7-13-14-11(15)5-16/h7,17H,3-6H2,1-2H3. The van der Waals surface area contributed by atoms with Gasteiger partial charge in [0.1, 0.15) is 28.6 Å². The van der Waals surface area contributed by atoms with Crippen LogP contribution in [0.2, 0.25) is 0 Å². The Morgan fingerprint density at radius 3 is 2.81 bits per heavy atom. The minimum atomic E-state index is -3.74. The fourth-order valence-electron chi connectivity index (χ4n) is 2.61. The zero-order valence-electron chi connectivity index (χ0n) is 11.8. The van der Waals surface area contributed by atoms with E-state index in [2.05, 4.69) is 10.2 Å². The summed E-state index contributed by atoms with van der Waals surface area (Å²) in [5.41, 5.74) is 0.319. The maximum Gasteiger partial charge on any atom is 0.247 e. The largest absolute Gasteiger partial charge is 0.465 e. The van der Waals surface area contributed by atoms with Gasteiger partial charge >= 0.3 is 0 Å². The van der Waals surface area contributed by atoms with Crippen LogP contribution in [0.4, 0.5) is 0 Å². The first-order valence-electron chi connectivity index (χ1n) is 6.51. The smallest absolute Gasteiger partial charge is 0.247 e. The van der Waals surface area contributed by atoms with Gasteiger partial charge in [-0.25, -0.2) is 8.42 Å². The lowest BCUT2D eigenvalue weighted by molar-refractivity contribution is 0.275. The third-order valence-corrected chi connectivity index (χ3v) is 5.73. The highest BCUT2D eigenvalue weighted by Crippen LogP contribution is 2.30. The normalized spacial score (nSPS) is 16.1. The quantitative estimate of drug-likeness (QED) is 0.868. The van der Waals surface area contributed by atoms with Crippen molar-refractivity contribution in [2.24, 2.45) is 0 Å². The predicted molar refractivity (Wildman–Crippen MR) is 71.7 cm³/mol. The van der Waals surface area contributed by atoms with E-state index in [1.54, 1.807) is 20.2 Å². The van der Waals surface area contributed by atoms with Gasteiger partial charge in [0.15, 0.2) is 0 Å². The Morgan fingerprint density at radius 1 is 1.33 bits per heavy atom. The van der Waals surface area contributed by atoms with Gasteiger partial charge in [0, 0.05) is 18.7 Å². The molecule has 0 unspecified atom stereocenters. The summed E-state index contributed by atoms with van der Waals surface area (Å²) in [4.78, 5) is 0.0652. The van der Waals surface area contributed by atoms with Crippen LogP contribution in [0.15, 0.2) is 15.6 Å². The number of aliphatic hydroxyl groups excluding tert-OH is 1. The highest BCUT2D eigenvalue weighted by molar-refractivity contribution is 7.89. The van der Waals surface area contributed by atoms with Crippen LogP contribution in [0.25, 0.3) is 0 Å². The number of nitrogens with zero attached hydrogens (tertiary/aromatic N) is 4. The molecule has 8 nitrogen and oxygen atoms in total. The van der Waals surface area contributed by atoms with Crippen molar-refractivity contribution >= 4 is 10.0 Å². The van der Waals surface area contributed by atoms with Gasteiger partial charge < -0.3 is 14.1 Å². The van der Waals surface area contributed by atoms with E-state index in [4.69, 9.17) is 4.42 Å². The molecule has 0 aliphatic carbocycles. The maximum absolute atomic E-state index is 12.8. The fourth-order valence-corrected chi connectivity index (χ4v) is 4.40. The van der Waals surface area contributed by atoms with E-state index < -0.39 is 10.0 Å². The number of fused-ring (bicyclic) bond motifs is 1. The summed E-state index contributed by atoms with van der Waals surface area (Å²) in [5.74, 6) is 1.32. The van der Waals surface area contributed by atoms with Crippen molar-refractivity contribution in [1.29, 1.82) is 0 Å². The first-order chi connectivity index (χ1) is 9.95. The van der Waals surface area contributed by atoms with Crippen LogP contribution in [0.1, 0.15) is 22.9 Å². The van der Waals surface area contributed by atoms with Crippen LogP contribution in [0.5, 0.6) is 0 Å². The highest BCUT2D eigenvalue weighted by Gasteiger charge is 2.34. The van der Waals surface area contributed by atoms with Crippen LogP contribution < -0.4 is 0 Å². The average Bonchev–Trinajstić information content (AvgIpc) is 3.01. The zero-order valence-corrected chi connectivity index (χ0v) is 12.6.